The fraction of sp³-hybridized carbons (Fsp3) is 0.821. The van der Waals surface area contributed by atoms with E-state index in [0.29, 0.717) is 35.8 Å². The van der Waals surface area contributed by atoms with E-state index in [2.05, 4.69) is 16.9 Å². The van der Waals surface area contributed by atoms with Crippen LogP contribution in [0, 0.1) is 47.5 Å². The average molecular weight is 516 g/mol. The highest BCUT2D eigenvalue weighted by atomic mass is 32.2. The Morgan fingerprint density at radius 1 is 1.19 bits per heavy atom. The van der Waals surface area contributed by atoms with Crippen LogP contribution in [0.4, 0.5) is 5.69 Å². The minimum Gasteiger partial charge on any atom is -0.390 e. The lowest BCUT2D eigenvalue weighted by molar-refractivity contribution is -0.133. The van der Waals surface area contributed by atoms with Gasteiger partial charge in [0.15, 0.2) is 15.6 Å². The zero-order valence-corrected chi connectivity index (χ0v) is 22.9. The molecule has 1 aromatic rings. The third-order valence-corrected chi connectivity index (χ3v) is 13.4. The average Bonchev–Trinajstić information content (AvgIpc) is 3.39. The molecule has 1 N–H and O–H groups in total. The van der Waals surface area contributed by atoms with Crippen molar-refractivity contribution in [2.45, 2.75) is 102 Å². The maximum Gasteiger partial charge on any atom is 0.224 e. The summed E-state index contributed by atoms with van der Waals surface area (Å²) < 4.78 is 29.0. The number of rotatable bonds is 5. The van der Waals surface area contributed by atoms with E-state index in [4.69, 9.17) is 6.57 Å². The molecule has 198 valence electrons. The Balaban J connectivity index is 1.47. The van der Waals surface area contributed by atoms with Gasteiger partial charge in [0.05, 0.1) is 35.4 Å². The number of sulfone groups is 1. The van der Waals surface area contributed by atoms with Gasteiger partial charge in [0.2, 0.25) is 5.69 Å². The Kier molecular flexibility index (Phi) is 6.43. The van der Waals surface area contributed by atoms with Crippen LogP contribution in [0.15, 0.2) is 12.4 Å². The second kappa shape index (κ2) is 8.94. The first-order valence-electron chi connectivity index (χ1n) is 13.7. The lowest BCUT2D eigenvalue weighted by atomic mass is 9.49. The van der Waals surface area contributed by atoms with Crippen LogP contribution in [0.1, 0.15) is 79.1 Å². The molecule has 9 atom stereocenters. The van der Waals surface area contributed by atoms with E-state index in [1.807, 2.05) is 6.92 Å². The Morgan fingerprint density at radius 3 is 2.58 bits per heavy atom. The third kappa shape index (κ3) is 4.15. The molecule has 7 nitrogen and oxygen atoms in total. The number of ketones is 1. The standard InChI is InChI=1S/C28H41N3O4S/c1-17(2)36(34,35)25-12-23(24(32)16-31-15-19(29-5)14-30-31)28(4)11-9-21-20-8-10-27(3,33)13-18(20)6-7-22(21)26(25)28/h14-15,17-18,20-23,25-26,33H,6-13,16H2,1-4H3/t18-,20+,21-,22-,23-,25?,26-,27-,28-/m1/s1. The first-order valence-corrected chi connectivity index (χ1v) is 15.4. The molecule has 0 saturated heterocycles. The molecule has 0 aliphatic heterocycles. The van der Waals surface area contributed by atoms with Gasteiger partial charge in [-0.25, -0.2) is 13.3 Å². The summed E-state index contributed by atoms with van der Waals surface area (Å²) in [4.78, 5) is 17.1. The summed E-state index contributed by atoms with van der Waals surface area (Å²) in [5, 5.41) is 13.9. The van der Waals surface area contributed by atoms with Gasteiger partial charge in [-0.1, -0.05) is 6.92 Å². The van der Waals surface area contributed by atoms with Crippen molar-refractivity contribution in [1.82, 2.24) is 9.78 Å². The minimum absolute atomic E-state index is 0.00240. The molecule has 4 aliphatic carbocycles. The zero-order valence-electron chi connectivity index (χ0n) is 22.1. The summed E-state index contributed by atoms with van der Waals surface area (Å²) in [6.07, 6.45) is 10.1. The summed E-state index contributed by atoms with van der Waals surface area (Å²) in [6.45, 7) is 15.0. The van der Waals surface area contributed by atoms with Crippen molar-refractivity contribution in [3.8, 4) is 0 Å². The number of Topliss-reactive ketones (excluding diaryl/α,β-unsaturated/α-hetero) is 1. The molecule has 4 saturated carbocycles. The van der Waals surface area contributed by atoms with Gasteiger partial charge in [-0.15, -0.1) is 0 Å². The second-order valence-corrected chi connectivity index (χ2v) is 15.8. The molecule has 4 aliphatic rings. The van der Waals surface area contributed by atoms with E-state index >= 15 is 0 Å². The summed E-state index contributed by atoms with van der Waals surface area (Å²) in [5.41, 5.74) is -0.513. The molecule has 0 aromatic carbocycles. The molecule has 8 heteroatoms. The van der Waals surface area contributed by atoms with Crippen molar-refractivity contribution in [2.24, 2.45) is 40.9 Å². The predicted molar refractivity (Wildman–Crippen MR) is 138 cm³/mol. The first kappa shape index (κ1) is 25.9. The van der Waals surface area contributed by atoms with Gasteiger partial charge in [0.1, 0.15) is 0 Å². The Labute approximate surface area is 215 Å². The van der Waals surface area contributed by atoms with Crippen molar-refractivity contribution < 1.29 is 18.3 Å². The molecular formula is C28H41N3O4S. The van der Waals surface area contributed by atoms with E-state index in [0.717, 1.165) is 44.9 Å². The highest BCUT2D eigenvalue weighted by Crippen LogP contribution is 2.66. The number of fused-ring (bicyclic) bond motifs is 5. The molecule has 0 radical (unpaired) electrons. The molecule has 1 heterocycles. The number of carbonyl (C=O) groups is 1. The SMILES string of the molecule is [C-]#[N+]c1cnn(CC(=O)[C@H]2CC(S(=O)(=O)C(C)C)[C@H]3[C@@H]4CC[C@@H]5C[C@](C)(O)CC[C@@H]5[C@H]4CC[C@]23C)c1. The number of hydrogen-bond acceptors (Lipinski definition) is 5. The number of hydrogen-bond donors (Lipinski definition) is 1. The number of aromatic nitrogens is 2. The van der Waals surface area contributed by atoms with Gasteiger partial charge in [-0.05, 0) is 107 Å². The van der Waals surface area contributed by atoms with Crippen LogP contribution >= 0.6 is 0 Å². The first-order chi connectivity index (χ1) is 16.9. The molecule has 0 spiro atoms. The van der Waals surface area contributed by atoms with Crippen LogP contribution in [0.3, 0.4) is 0 Å². The summed E-state index contributed by atoms with van der Waals surface area (Å²) in [6, 6.07) is 0. The largest absolute Gasteiger partial charge is 0.390 e. The van der Waals surface area contributed by atoms with Crippen LogP contribution in [-0.4, -0.2) is 45.2 Å². The molecule has 5 rings (SSSR count). The van der Waals surface area contributed by atoms with Crippen molar-refractivity contribution in [1.29, 1.82) is 0 Å². The molecule has 36 heavy (non-hydrogen) atoms. The molecule has 0 bridgehead atoms. The number of carbonyl (C=O) groups excluding carboxylic acids is 1. The Hall–Kier alpha value is -1.72. The van der Waals surface area contributed by atoms with Crippen LogP contribution < -0.4 is 0 Å². The lowest BCUT2D eigenvalue weighted by Gasteiger charge is -2.57. The molecular weight excluding hydrogens is 474 g/mol. The molecule has 0 amide bonds. The van der Waals surface area contributed by atoms with E-state index in [9.17, 15) is 18.3 Å². The quantitative estimate of drug-likeness (QED) is 0.567. The van der Waals surface area contributed by atoms with Crippen LogP contribution in [0.25, 0.3) is 4.85 Å². The van der Waals surface area contributed by atoms with Gasteiger partial charge < -0.3 is 5.11 Å². The third-order valence-electron chi connectivity index (χ3n) is 10.7. The summed E-state index contributed by atoms with van der Waals surface area (Å²) >= 11 is 0. The second-order valence-electron chi connectivity index (χ2n) is 13.1. The highest BCUT2D eigenvalue weighted by molar-refractivity contribution is 7.92. The zero-order chi connectivity index (χ0) is 26.0. The highest BCUT2D eigenvalue weighted by Gasteiger charge is 2.64. The van der Waals surface area contributed by atoms with Crippen molar-refractivity contribution >= 4 is 21.3 Å². The van der Waals surface area contributed by atoms with Gasteiger partial charge in [0, 0.05) is 12.1 Å². The molecule has 1 aromatic heterocycles. The van der Waals surface area contributed by atoms with Crippen molar-refractivity contribution in [2.75, 3.05) is 0 Å². The minimum atomic E-state index is -3.38. The summed E-state index contributed by atoms with van der Waals surface area (Å²) in [7, 11) is -3.38. The Morgan fingerprint density at radius 2 is 1.92 bits per heavy atom. The maximum atomic E-state index is 13.7. The van der Waals surface area contributed by atoms with Gasteiger partial charge >= 0.3 is 0 Å². The van der Waals surface area contributed by atoms with E-state index in [1.165, 1.54) is 10.9 Å². The van der Waals surface area contributed by atoms with Crippen molar-refractivity contribution in [3.05, 3.63) is 23.8 Å². The monoisotopic (exact) mass is 515 g/mol. The smallest absolute Gasteiger partial charge is 0.224 e. The fourth-order valence-corrected chi connectivity index (χ4v) is 11.1. The van der Waals surface area contributed by atoms with Gasteiger partial charge in [-0.3, -0.25) is 9.48 Å². The van der Waals surface area contributed by atoms with E-state index in [-0.39, 0.29) is 29.6 Å². The fourth-order valence-electron chi connectivity index (χ4n) is 9.07. The van der Waals surface area contributed by atoms with Gasteiger partial charge in [0.25, 0.3) is 0 Å². The topological polar surface area (TPSA) is 93.6 Å². The van der Waals surface area contributed by atoms with E-state index in [1.54, 1.807) is 20.0 Å². The number of aliphatic hydroxyl groups is 1. The van der Waals surface area contributed by atoms with Crippen LogP contribution in [0.5, 0.6) is 0 Å². The molecule has 4 fully saturated rings. The van der Waals surface area contributed by atoms with Crippen molar-refractivity contribution in [3.63, 3.8) is 0 Å². The normalized spacial score (nSPS) is 42.3. The predicted octanol–water partition coefficient (Wildman–Crippen LogP) is 4.82. The van der Waals surface area contributed by atoms with Crippen LogP contribution in [0.2, 0.25) is 0 Å². The Bertz CT molecular complexity index is 1170. The summed E-state index contributed by atoms with van der Waals surface area (Å²) in [5.74, 6) is 1.62. The van der Waals surface area contributed by atoms with E-state index < -0.39 is 25.9 Å². The van der Waals surface area contributed by atoms with Gasteiger partial charge in [-0.2, -0.15) is 5.10 Å². The maximum absolute atomic E-state index is 13.7. The van der Waals surface area contributed by atoms with Crippen LogP contribution in [-0.2, 0) is 21.2 Å². The lowest BCUT2D eigenvalue weighted by Crippen LogP contribution is -2.53. The molecule has 1 unspecified atom stereocenters. The number of nitrogens with zero attached hydrogens (tertiary/aromatic N) is 3.